The number of fused-ring (bicyclic) bond motifs is 3. The third-order valence-electron chi connectivity index (χ3n) is 3.68. The van der Waals surface area contributed by atoms with E-state index >= 15 is 0 Å². The average Bonchev–Trinajstić information content (AvgIpc) is 2.87. The van der Waals surface area contributed by atoms with E-state index in [-0.39, 0.29) is 5.15 Å². The first-order valence-electron chi connectivity index (χ1n) is 6.92. The van der Waals surface area contributed by atoms with Crippen LogP contribution in [0.2, 0.25) is 10.2 Å². The minimum atomic E-state index is -0.462. The zero-order valence-electron chi connectivity index (χ0n) is 12.0. The molecule has 0 fully saturated rings. The van der Waals surface area contributed by atoms with E-state index in [1.54, 1.807) is 18.2 Å². The Morgan fingerprint density at radius 2 is 1.96 bits per heavy atom. The van der Waals surface area contributed by atoms with E-state index in [1.165, 1.54) is 4.57 Å². The third kappa shape index (κ3) is 2.22. The van der Waals surface area contributed by atoms with Crippen LogP contribution in [0.3, 0.4) is 0 Å². The van der Waals surface area contributed by atoms with Crippen LogP contribution < -0.4 is 5.69 Å². The second-order valence-electron chi connectivity index (χ2n) is 5.28. The summed E-state index contributed by atoms with van der Waals surface area (Å²) in [6.07, 6.45) is 0. The van der Waals surface area contributed by atoms with Gasteiger partial charge in [0.1, 0.15) is 11.1 Å². The monoisotopic (exact) mass is 344 g/mol. The number of aromatic nitrogens is 2. The molecule has 4 rings (SSSR count). The van der Waals surface area contributed by atoms with E-state index < -0.39 is 5.69 Å². The van der Waals surface area contributed by atoms with Crippen LogP contribution in [0.25, 0.3) is 27.8 Å². The van der Waals surface area contributed by atoms with Gasteiger partial charge in [0, 0.05) is 10.4 Å². The molecule has 0 bridgehead atoms. The molecule has 4 aromatic rings. The highest BCUT2D eigenvalue weighted by molar-refractivity contribution is 6.35. The van der Waals surface area contributed by atoms with Gasteiger partial charge in [-0.2, -0.15) is 4.98 Å². The lowest BCUT2D eigenvalue weighted by atomic mass is 10.2. The summed E-state index contributed by atoms with van der Waals surface area (Å²) in [5.74, 6) is 0. The molecule has 23 heavy (non-hydrogen) atoms. The smallest absolute Gasteiger partial charge is 0.354 e. The van der Waals surface area contributed by atoms with Crippen LogP contribution in [0.4, 0.5) is 0 Å². The van der Waals surface area contributed by atoms with Crippen molar-refractivity contribution in [3.05, 3.63) is 68.7 Å². The van der Waals surface area contributed by atoms with Gasteiger partial charge >= 0.3 is 5.69 Å². The highest BCUT2D eigenvalue weighted by Gasteiger charge is 2.18. The SMILES string of the molecule is Cc1cccc(-n2c(=O)nc(Cl)c3oc4ccc(Cl)cc4c32)c1. The second kappa shape index (κ2) is 5.11. The summed E-state index contributed by atoms with van der Waals surface area (Å²) in [6.45, 7) is 1.96. The Balaban J connectivity index is 2.25. The first-order valence-corrected chi connectivity index (χ1v) is 7.67. The fourth-order valence-electron chi connectivity index (χ4n) is 2.71. The van der Waals surface area contributed by atoms with Gasteiger partial charge in [-0.05, 0) is 42.8 Å². The van der Waals surface area contributed by atoms with E-state index in [4.69, 9.17) is 27.6 Å². The lowest BCUT2D eigenvalue weighted by Gasteiger charge is -2.08. The molecule has 0 aliphatic carbocycles. The molecule has 6 heteroatoms. The van der Waals surface area contributed by atoms with Gasteiger partial charge in [-0.15, -0.1) is 0 Å². The van der Waals surface area contributed by atoms with Gasteiger partial charge in [-0.25, -0.2) is 4.79 Å². The third-order valence-corrected chi connectivity index (χ3v) is 4.17. The largest absolute Gasteiger partial charge is 0.451 e. The number of furan rings is 1. The Labute approximate surface area is 140 Å². The van der Waals surface area contributed by atoms with Crippen molar-refractivity contribution >= 4 is 45.3 Å². The number of rotatable bonds is 1. The summed E-state index contributed by atoms with van der Waals surface area (Å²) < 4.78 is 7.27. The fourth-order valence-corrected chi connectivity index (χ4v) is 3.08. The predicted octanol–water partition coefficient (Wildman–Crippen LogP) is 4.75. The number of nitrogens with zero attached hydrogens (tertiary/aromatic N) is 2. The van der Waals surface area contributed by atoms with E-state index in [1.807, 2.05) is 31.2 Å². The van der Waals surface area contributed by atoms with Gasteiger partial charge in [0.05, 0.1) is 5.69 Å². The summed E-state index contributed by atoms with van der Waals surface area (Å²) in [7, 11) is 0. The van der Waals surface area contributed by atoms with Crippen LogP contribution in [0.1, 0.15) is 5.56 Å². The summed E-state index contributed by atoms with van der Waals surface area (Å²) >= 11 is 12.2. The van der Waals surface area contributed by atoms with Gasteiger partial charge in [0.2, 0.25) is 0 Å². The molecular weight excluding hydrogens is 335 g/mol. The molecule has 0 saturated heterocycles. The Bertz CT molecular complexity index is 1130. The summed E-state index contributed by atoms with van der Waals surface area (Å²) in [5, 5.41) is 1.31. The van der Waals surface area contributed by atoms with E-state index in [0.717, 1.165) is 10.9 Å². The molecule has 0 spiro atoms. The van der Waals surface area contributed by atoms with Crippen LogP contribution in [0, 0.1) is 6.92 Å². The molecular formula is C17H10Cl2N2O2. The molecule has 0 atom stereocenters. The normalized spacial score (nSPS) is 11.4. The molecule has 0 saturated carbocycles. The van der Waals surface area contributed by atoms with Crippen LogP contribution in [0.15, 0.2) is 51.7 Å². The molecule has 2 heterocycles. The van der Waals surface area contributed by atoms with Crippen molar-refractivity contribution in [2.24, 2.45) is 0 Å². The second-order valence-corrected chi connectivity index (χ2v) is 6.07. The minimum Gasteiger partial charge on any atom is -0.451 e. The van der Waals surface area contributed by atoms with Gasteiger partial charge < -0.3 is 4.42 Å². The lowest BCUT2D eigenvalue weighted by molar-refractivity contribution is 0.663. The van der Waals surface area contributed by atoms with Crippen LogP contribution in [0.5, 0.6) is 0 Å². The van der Waals surface area contributed by atoms with Gasteiger partial charge in [-0.3, -0.25) is 4.57 Å². The first kappa shape index (κ1) is 14.3. The number of benzene rings is 2. The molecule has 0 amide bonds. The zero-order chi connectivity index (χ0) is 16.1. The first-order chi connectivity index (χ1) is 11.0. The quantitative estimate of drug-likeness (QED) is 0.468. The van der Waals surface area contributed by atoms with Crippen LogP contribution >= 0.6 is 23.2 Å². The molecule has 4 nitrogen and oxygen atoms in total. The molecule has 0 N–H and O–H groups in total. The summed E-state index contributed by atoms with van der Waals surface area (Å²) in [5.41, 5.74) is 2.80. The maximum Gasteiger partial charge on any atom is 0.354 e. The molecule has 2 aromatic heterocycles. The molecule has 0 aliphatic heterocycles. The Kier molecular flexibility index (Phi) is 3.18. The highest BCUT2D eigenvalue weighted by atomic mass is 35.5. The van der Waals surface area contributed by atoms with E-state index in [2.05, 4.69) is 4.98 Å². The standard InChI is InChI=1S/C17H10Cl2N2O2/c1-9-3-2-4-11(7-9)21-14-12-8-10(18)5-6-13(12)23-15(14)16(19)20-17(21)22/h2-8H,1H3. The van der Waals surface area contributed by atoms with E-state index in [0.29, 0.717) is 27.4 Å². The van der Waals surface area contributed by atoms with Crippen molar-refractivity contribution in [3.8, 4) is 5.69 Å². The maximum atomic E-state index is 12.5. The highest BCUT2D eigenvalue weighted by Crippen LogP contribution is 2.33. The summed E-state index contributed by atoms with van der Waals surface area (Å²) in [6, 6.07) is 12.8. The average molecular weight is 345 g/mol. The molecule has 0 aliphatic rings. The Hall–Kier alpha value is -2.30. The van der Waals surface area contributed by atoms with Gasteiger partial charge in [-0.1, -0.05) is 35.3 Å². The molecule has 0 unspecified atom stereocenters. The predicted molar refractivity (Wildman–Crippen MR) is 91.9 cm³/mol. The fraction of sp³-hybridized carbons (Fsp3) is 0.0588. The minimum absolute atomic E-state index is 0.0428. The Morgan fingerprint density at radius 1 is 1.13 bits per heavy atom. The number of hydrogen-bond donors (Lipinski definition) is 0. The topological polar surface area (TPSA) is 48.0 Å². The van der Waals surface area contributed by atoms with Gasteiger partial charge in [0.15, 0.2) is 10.7 Å². The van der Waals surface area contributed by atoms with Crippen LogP contribution in [-0.2, 0) is 0 Å². The number of aryl methyl sites for hydroxylation is 1. The number of halogens is 2. The van der Waals surface area contributed by atoms with Crippen molar-refractivity contribution in [2.75, 3.05) is 0 Å². The van der Waals surface area contributed by atoms with Gasteiger partial charge in [0.25, 0.3) is 0 Å². The lowest BCUT2D eigenvalue weighted by Crippen LogP contribution is -2.21. The zero-order valence-corrected chi connectivity index (χ0v) is 13.5. The Morgan fingerprint density at radius 3 is 2.74 bits per heavy atom. The van der Waals surface area contributed by atoms with Crippen LogP contribution in [-0.4, -0.2) is 9.55 Å². The van der Waals surface area contributed by atoms with E-state index in [9.17, 15) is 4.79 Å². The molecule has 0 radical (unpaired) electrons. The molecule has 114 valence electrons. The molecule has 2 aromatic carbocycles. The summed E-state index contributed by atoms with van der Waals surface area (Å²) in [4.78, 5) is 16.4. The van der Waals surface area contributed by atoms with Crippen molar-refractivity contribution in [2.45, 2.75) is 6.92 Å². The van der Waals surface area contributed by atoms with Crippen molar-refractivity contribution < 1.29 is 4.42 Å². The van der Waals surface area contributed by atoms with Crippen molar-refractivity contribution in [1.29, 1.82) is 0 Å². The maximum absolute atomic E-state index is 12.5. The number of hydrogen-bond acceptors (Lipinski definition) is 3. The van der Waals surface area contributed by atoms with Crippen molar-refractivity contribution in [3.63, 3.8) is 0 Å². The van der Waals surface area contributed by atoms with Crippen molar-refractivity contribution in [1.82, 2.24) is 9.55 Å².